The number of hydrogen-bond donors (Lipinski definition) is 2. The number of rotatable bonds is 5. The van der Waals surface area contributed by atoms with Gasteiger partial charge in [-0.1, -0.05) is 6.07 Å². The van der Waals surface area contributed by atoms with Crippen LogP contribution in [0.25, 0.3) is 0 Å². The summed E-state index contributed by atoms with van der Waals surface area (Å²) < 4.78 is 10.6. The molecule has 5 nitrogen and oxygen atoms in total. The third kappa shape index (κ3) is 3.53. The molecular weight excluding hydrogens is 280 g/mol. The van der Waals surface area contributed by atoms with Gasteiger partial charge in [-0.2, -0.15) is 0 Å². The first kappa shape index (κ1) is 16.6. The van der Waals surface area contributed by atoms with Crippen LogP contribution >= 0.6 is 0 Å². The maximum atomic E-state index is 12.7. The number of benzene rings is 1. The highest BCUT2D eigenvalue weighted by Gasteiger charge is 2.32. The topological polar surface area (TPSA) is 59.6 Å². The molecule has 0 spiro atoms. The molecule has 1 aliphatic rings. The first-order chi connectivity index (χ1) is 10.5. The van der Waals surface area contributed by atoms with Gasteiger partial charge in [0.2, 0.25) is 5.91 Å². The lowest BCUT2D eigenvalue weighted by Crippen LogP contribution is -2.50. The number of carbonyl (C=O) groups excluding carboxylic acids is 1. The Morgan fingerprint density at radius 1 is 1.27 bits per heavy atom. The molecule has 0 aromatic heterocycles. The van der Waals surface area contributed by atoms with Crippen LogP contribution in [0.3, 0.4) is 0 Å². The summed E-state index contributed by atoms with van der Waals surface area (Å²) in [5, 5.41) is 6.46. The van der Waals surface area contributed by atoms with E-state index in [1.165, 1.54) is 0 Å². The number of carbonyl (C=O) groups is 1. The molecule has 122 valence electrons. The fraction of sp³-hybridized carbons (Fsp3) is 0.588. The van der Waals surface area contributed by atoms with E-state index in [0.717, 1.165) is 31.5 Å². The van der Waals surface area contributed by atoms with Gasteiger partial charge < -0.3 is 20.1 Å². The van der Waals surface area contributed by atoms with Crippen LogP contribution in [-0.2, 0) is 10.2 Å². The van der Waals surface area contributed by atoms with Gasteiger partial charge in [0.15, 0.2) is 11.5 Å². The van der Waals surface area contributed by atoms with Gasteiger partial charge in [-0.05, 0) is 50.9 Å². The molecule has 1 aromatic rings. The monoisotopic (exact) mass is 306 g/mol. The van der Waals surface area contributed by atoms with Crippen molar-refractivity contribution >= 4 is 5.91 Å². The van der Waals surface area contributed by atoms with E-state index in [4.69, 9.17) is 9.47 Å². The van der Waals surface area contributed by atoms with Crippen molar-refractivity contribution in [1.29, 1.82) is 0 Å². The Hall–Kier alpha value is -1.75. The van der Waals surface area contributed by atoms with E-state index in [-0.39, 0.29) is 11.9 Å². The average molecular weight is 306 g/mol. The van der Waals surface area contributed by atoms with Gasteiger partial charge in [0, 0.05) is 12.6 Å². The molecule has 0 saturated carbocycles. The zero-order chi connectivity index (χ0) is 16.2. The average Bonchev–Trinajstić information content (AvgIpc) is 2.54. The van der Waals surface area contributed by atoms with E-state index in [1.807, 2.05) is 32.0 Å². The van der Waals surface area contributed by atoms with Crippen molar-refractivity contribution in [2.24, 2.45) is 0 Å². The van der Waals surface area contributed by atoms with Gasteiger partial charge in [-0.25, -0.2) is 0 Å². The molecule has 5 heteroatoms. The van der Waals surface area contributed by atoms with Crippen molar-refractivity contribution in [3.8, 4) is 11.5 Å². The molecule has 1 saturated heterocycles. The first-order valence-electron chi connectivity index (χ1n) is 7.73. The normalized spacial score (nSPS) is 18.6. The minimum Gasteiger partial charge on any atom is -0.493 e. The number of amides is 1. The predicted octanol–water partition coefficient (Wildman–Crippen LogP) is 1.85. The van der Waals surface area contributed by atoms with E-state index >= 15 is 0 Å². The van der Waals surface area contributed by atoms with Crippen LogP contribution < -0.4 is 20.1 Å². The summed E-state index contributed by atoms with van der Waals surface area (Å²) in [5.41, 5.74) is 0.281. The molecule has 1 atom stereocenters. The molecule has 2 rings (SSSR count). The molecule has 22 heavy (non-hydrogen) atoms. The van der Waals surface area contributed by atoms with E-state index in [0.29, 0.717) is 11.5 Å². The highest BCUT2D eigenvalue weighted by atomic mass is 16.5. The lowest BCUT2D eigenvalue weighted by Gasteiger charge is -2.30. The van der Waals surface area contributed by atoms with Crippen molar-refractivity contribution in [3.63, 3.8) is 0 Å². The Balaban J connectivity index is 2.15. The lowest BCUT2D eigenvalue weighted by molar-refractivity contribution is -0.126. The quantitative estimate of drug-likeness (QED) is 0.871. The molecule has 0 radical (unpaired) electrons. The van der Waals surface area contributed by atoms with E-state index in [9.17, 15) is 4.79 Å². The number of ether oxygens (including phenoxy) is 2. The molecule has 1 aliphatic heterocycles. The Labute approximate surface area is 132 Å². The zero-order valence-corrected chi connectivity index (χ0v) is 13.9. The maximum absolute atomic E-state index is 12.7. The van der Waals surface area contributed by atoms with Gasteiger partial charge in [0.05, 0.1) is 19.6 Å². The number of nitrogens with one attached hydrogen (secondary N) is 2. The van der Waals surface area contributed by atoms with Gasteiger partial charge in [0.25, 0.3) is 0 Å². The SMILES string of the molecule is COc1ccc(C(C)(C)C(=O)N[C@H]2CCCNC2)cc1OC. The van der Waals surface area contributed by atoms with Crippen LogP contribution in [0.15, 0.2) is 18.2 Å². The van der Waals surface area contributed by atoms with Gasteiger partial charge >= 0.3 is 0 Å². The van der Waals surface area contributed by atoms with Gasteiger partial charge in [-0.15, -0.1) is 0 Å². The molecule has 1 amide bonds. The highest BCUT2D eigenvalue weighted by molar-refractivity contribution is 5.87. The summed E-state index contributed by atoms with van der Waals surface area (Å²) in [6, 6.07) is 5.84. The van der Waals surface area contributed by atoms with Crippen LogP contribution in [-0.4, -0.2) is 39.3 Å². The minimum atomic E-state index is -0.628. The Morgan fingerprint density at radius 2 is 2.00 bits per heavy atom. The molecule has 2 N–H and O–H groups in total. The van der Waals surface area contributed by atoms with E-state index < -0.39 is 5.41 Å². The Morgan fingerprint density at radius 3 is 2.59 bits per heavy atom. The number of methoxy groups -OCH3 is 2. The summed E-state index contributed by atoms with van der Waals surface area (Å²) in [5.74, 6) is 1.34. The van der Waals surface area contributed by atoms with E-state index in [1.54, 1.807) is 14.2 Å². The van der Waals surface area contributed by atoms with Gasteiger partial charge in [-0.3, -0.25) is 4.79 Å². The smallest absolute Gasteiger partial charge is 0.230 e. The summed E-state index contributed by atoms with van der Waals surface area (Å²) in [6.07, 6.45) is 2.13. The Kier molecular flexibility index (Phi) is 5.29. The molecule has 0 aliphatic carbocycles. The standard InChI is InChI=1S/C17H26N2O3/c1-17(2,16(20)19-13-6-5-9-18-11-13)12-7-8-14(21-3)15(10-12)22-4/h7-8,10,13,18H,5-6,9,11H2,1-4H3,(H,19,20)/t13-/m0/s1. The minimum absolute atomic E-state index is 0.0356. The molecule has 1 aromatic carbocycles. The number of hydrogen-bond acceptors (Lipinski definition) is 4. The second-order valence-electron chi connectivity index (χ2n) is 6.21. The molecule has 0 bridgehead atoms. The summed E-state index contributed by atoms with van der Waals surface area (Å²) in [4.78, 5) is 12.7. The van der Waals surface area contributed by atoms with Crippen molar-refractivity contribution in [2.75, 3.05) is 27.3 Å². The third-order valence-electron chi connectivity index (χ3n) is 4.30. The predicted molar refractivity (Wildman–Crippen MR) is 86.6 cm³/mol. The molecule has 1 heterocycles. The van der Waals surface area contributed by atoms with Crippen molar-refractivity contribution in [1.82, 2.24) is 10.6 Å². The fourth-order valence-corrected chi connectivity index (χ4v) is 2.70. The van der Waals surface area contributed by atoms with Crippen molar-refractivity contribution < 1.29 is 14.3 Å². The van der Waals surface area contributed by atoms with Crippen LogP contribution in [0.5, 0.6) is 11.5 Å². The second kappa shape index (κ2) is 7.01. The molecule has 1 fully saturated rings. The number of piperidine rings is 1. The second-order valence-corrected chi connectivity index (χ2v) is 6.21. The fourth-order valence-electron chi connectivity index (χ4n) is 2.70. The van der Waals surface area contributed by atoms with Gasteiger partial charge in [0.1, 0.15) is 0 Å². The van der Waals surface area contributed by atoms with Crippen molar-refractivity contribution in [3.05, 3.63) is 23.8 Å². The summed E-state index contributed by atoms with van der Waals surface area (Å²) >= 11 is 0. The third-order valence-corrected chi connectivity index (χ3v) is 4.30. The Bertz CT molecular complexity index is 523. The van der Waals surface area contributed by atoms with Crippen LogP contribution in [0.4, 0.5) is 0 Å². The molecule has 0 unspecified atom stereocenters. The van der Waals surface area contributed by atoms with Crippen LogP contribution in [0.1, 0.15) is 32.3 Å². The zero-order valence-electron chi connectivity index (χ0n) is 13.9. The van der Waals surface area contributed by atoms with Crippen LogP contribution in [0, 0.1) is 0 Å². The highest BCUT2D eigenvalue weighted by Crippen LogP contribution is 2.33. The summed E-state index contributed by atoms with van der Waals surface area (Å²) in [6.45, 7) is 5.73. The largest absolute Gasteiger partial charge is 0.493 e. The lowest BCUT2D eigenvalue weighted by atomic mass is 9.83. The first-order valence-corrected chi connectivity index (χ1v) is 7.73. The maximum Gasteiger partial charge on any atom is 0.230 e. The van der Waals surface area contributed by atoms with Crippen molar-refractivity contribution in [2.45, 2.75) is 38.1 Å². The molecular formula is C17H26N2O3. The summed E-state index contributed by atoms with van der Waals surface area (Å²) in [7, 11) is 3.20. The van der Waals surface area contributed by atoms with E-state index in [2.05, 4.69) is 10.6 Å². The van der Waals surface area contributed by atoms with Crippen LogP contribution in [0.2, 0.25) is 0 Å².